The van der Waals surface area contributed by atoms with E-state index in [1.54, 1.807) is 24.5 Å². The van der Waals surface area contributed by atoms with Crippen molar-refractivity contribution in [1.82, 2.24) is 24.0 Å². The number of carbonyl (C=O) groups is 1. The summed E-state index contributed by atoms with van der Waals surface area (Å²) in [6.07, 6.45) is 5.44. The van der Waals surface area contributed by atoms with Crippen molar-refractivity contribution in [3.63, 3.8) is 0 Å². The van der Waals surface area contributed by atoms with Crippen LogP contribution in [0.15, 0.2) is 30.3 Å². The zero-order valence-electron chi connectivity index (χ0n) is 21.1. The smallest absolute Gasteiger partial charge is 0.254 e. The third-order valence-electron chi connectivity index (χ3n) is 7.55. The van der Waals surface area contributed by atoms with Crippen LogP contribution in [-0.4, -0.2) is 48.1 Å². The number of carbonyl (C=O) groups excluding carboxylic acids is 1. The van der Waals surface area contributed by atoms with Crippen molar-refractivity contribution in [1.29, 1.82) is 0 Å². The van der Waals surface area contributed by atoms with Gasteiger partial charge in [0.15, 0.2) is 5.82 Å². The van der Waals surface area contributed by atoms with Gasteiger partial charge in [0.25, 0.3) is 5.91 Å². The van der Waals surface area contributed by atoms with Gasteiger partial charge in [-0.1, -0.05) is 0 Å². The summed E-state index contributed by atoms with van der Waals surface area (Å²) in [5.74, 6) is 0.636. The number of piperidine rings is 1. The summed E-state index contributed by atoms with van der Waals surface area (Å²) in [4.78, 5) is 24.5. The highest BCUT2D eigenvalue weighted by Gasteiger charge is 2.28. The van der Waals surface area contributed by atoms with Crippen LogP contribution >= 0.6 is 0 Å². The average Bonchev–Trinajstić information content (AvgIpc) is 3.52. The minimum atomic E-state index is -1.05. The van der Waals surface area contributed by atoms with E-state index >= 15 is 4.39 Å². The Bertz CT molecular complexity index is 1490. The first-order valence-electron chi connectivity index (χ1n) is 12.9. The van der Waals surface area contributed by atoms with Gasteiger partial charge in [-0.15, -0.1) is 0 Å². The zero-order valence-corrected chi connectivity index (χ0v) is 21.1. The fourth-order valence-electron chi connectivity index (χ4n) is 5.33. The second kappa shape index (κ2) is 8.40. The molecule has 0 unspecified atom stereocenters. The zero-order chi connectivity index (χ0) is 25.2. The lowest BCUT2D eigenvalue weighted by atomic mass is 10.0. The predicted octanol–water partition coefficient (Wildman–Crippen LogP) is 4.99. The number of fused-ring (bicyclic) bond motifs is 2. The summed E-state index contributed by atoms with van der Waals surface area (Å²) in [5.41, 5.74) is 2.41. The molecule has 36 heavy (non-hydrogen) atoms. The van der Waals surface area contributed by atoms with Gasteiger partial charge in [0.05, 0.1) is 16.9 Å². The van der Waals surface area contributed by atoms with Crippen molar-refractivity contribution in [2.75, 3.05) is 13.1 Å². The molecule has 1 aliphatic heterocycles. The van der Waals surface area contributed by atoms with Gasteiger partial charge in [0.2, 0.25) is 0 Å². The van der Waals surface area contributed by atoms with Gasteiger partial charge in [-0.05, 0) is 82.2 Å². The molecule has 1 saturated carbocycles. The molecule has 1 amide bonds. The van der Waals surface area contributed by atoms with Gasteiger partial charge in [-0.25, -0.2) is 14.4 Å². The predicted molar refractivity (Wildman–Crippen MR) is 137 cm³/mol. The van der Waals surface area contributed by atoms with Crippen molar-refractivity contribution in [3.05, 3.63) is 47.4 Å². The molecule has 2 fully saturated rings. The molecule has 3 aromatic heterocycles. The Morgan fingerprint density at radius 3 is 2.56 bits per heavy atom. The summed E-state index contributed by atoms with van der Waals surface area (Å²) < 4.78 is 19.3. The van der Waals surface area contributed by atoms with Crippen molar-refractivity contribution in [2.24, 2.45) is 13.0 Å². The van der Waals surface area contributed by atoms with Crippen LogP contribution in [0.1, 0.15) is 62.0 Å². The highest BCUT2D eigenvalue weighted by molar-refractivity contribution is 5.98. The second-order valence-corrected chi connectivity index (χ2v) is 10.9. The average molecular weight is 490 g/mol. The molecule has 1 N–H and O–H groups in total. The van der Waals surface area contributed by atoms with E-state index in [4.69, 9.17) is 9.97 Å². The first-order chi connectivity index (χ1) is 17.2. The quantitative estimate of drug-likeness (QED) is 0.428. The summed E-state index contributed by atoms with van der Waals surface area (Å²) in [6, 6.07) is 8.93. The van der Waals surface area contributed by atoms with Crippen LogP contribution in [-0.2, 0) is 19.2 Å². The van der Waals surface area contributed by atoms with E-state index in [2.05, 4.69) is 4.57 Å². The molecule has 2 aliphatic rings. The molecule has 4 heterocycles. The minimum absolute atomic E-state index is 0.131. The molecule has 0 radical (unpaired) electrons. The number of aromatic nitrogens is 4. The van der Waals surface area contributed by atoms with E-state index in [0.29, 0.717) is 47.1 Å². The number of benzene rings is 1. The van der Waals surface area contributed by atoms with Crippen LogP contribution in [0.3, 0.4) is 0 Å². The second-order valence-electron chi connectivity index (χ2n) is 10.9. The number of rotatable bonds is 5. The number of amides is 1. The third kappa shape index (κ3) is 3.97. The maximum absolute atomic E-state index is 15.4. The molecular weight excluding hydrogens is 457 g/mol. The van der Waals surface area contributed by atoms with E-state index in [0.717, 1.165) is 42.5 Å². The first kappa shape index (κ1) is 23.2. The van der Waals surface area contributed by atoms with Crippen LogP contribution in [0, 0.1) is 11.7 Å². The van der Waals surface area contributed by atoms with Gasteiger partial charge in [0.1, 0.15) is 22.6 Å². The van der Waals surface area contributed by atoms with E-state index < -0.39 is 11.4 Å². The van der Waals surface area contributed by atoms with Crippen molar-refractivity contribution >= 4 is 28.0 Å². The molecule has 7 nitrogen and oxygen atoms in total. The van der Waals surface area contributed by atoms with E-state index in [1.807, 2.05) is 30.1 Å². The van der Waals surface area contributed by atoms with Crippen LogP contribution in [0.25, 0.3) is 33.6 Å². The topological polar surface area (TPSA) is 76.2 Å². The van der Waals surface area contributed by atoms with Crippen LogP contribution in [0.2, 0.25) is 0 Å². The largest absolute Gasteiger partial charge is 0.384 e. The van der Waals surface area contributed by atoms with Gasteiger partial charge in [0, 0.05) is 37.6 Å². The fraction of sp³-hybridized carbons (Fsp3) is 0.464. The lowest BCUT2D eigenvalue weighted by Crippen LogP contribution is -2.35. The lowest BCUT2D eigenvalue weighted by Gasteiger charge is -2.26. The molecule has 188 valence electrons. The van der Waals surface area contributed by atoms with Crippen LogP contribution in [0.5, 0.6) is 0 Å². The summed E-state index contributed by atoms with van der Waals surface area (Å²) in [5, 5.41) is 11.5. The first-order valence-corrected chi connectivity index (χ1v) is 12.9. The maximum atomic E-state index is 15.4. The Kier molecular flexibility index (Phi) is 5.41. The number of aliphatic hydroxyl groups is 1. The number of hydrogen-bond acceptors (Lipinski definition) is 4. The van der Waals surface area contributed by atoms with Crippen LogP contribution < -0.4 is 0 Å². The molecule has 1 aliphatic carbocycles. The Morgan fingerprint density at radius 2 is 1.86 bits per heavy atom. The van der Waals surface area contributed by atoms with Gasteiger partial charge in [-0.2, -0.15) is 0 Å². The molecule has 0 bridgehead atoms. The van der Waals surface area contributed by atoms with Crippen molar-refractivity contribution in [3.8, 4) is 11.5 Å². The fourth-order valence-corrected chi connectivity index (χ4v) is 5.33. The Labute approximate surface area is 209 Å². The monoisotopic (exact) mass is 489 g/mol. The molecule has 1 saturated heterocycles. The normalized spacial score (nSPS) is 16.9. The molecular formula is C28H32FN5O2. The van der Waals surface area contributed by atoms with Gasteiger partial charge >= 0.3 is 0 Å². The van der Waals surface area contributed by atoms with Crippen molar-refractivity contribution < 1.29 is 14.3 Å². The summed E-state index contributed by atoms with van der Waals surface area (Å²) in [6.45, 7) is 5.69. The number of hydrogen-bond donors (Lipinski definition) is 1. The summed E-state index contributed by atoms with van der Waals surface area (Å²) in [7, 11) is 1.81. The van der Waals surface area contributed by atoms with Gasteiger partial charge in [-0.3, -0.25) is 4.79 Å². The maximum Gasteiger partial charge on any atom is 0.254 e. The number of pyridine rings is 1. The molecule has 0 atom stereocenters. The lowest BCUT2D eigenvalue weighted by molar-refractivity contribution is 0.0722. The van der Waals surface area contributed by atoms with E-state index in [9.17, 15) is 9.90 Å². The molecule has 4 aromatic rings. The Balaban J connectivity index is 1.48. The Hall–Kier alpha value is -3.26. The number of halogens is 1. The Morgan fingerprint density at radius 1 is 1.11 bits per heavy atom. The summed E-state index contributed by atoms with van der Waals surface area (Å²) >= 11 is 0. The highest BCUT2D eigenvalue weighted by Crippen LogP contribution is 2.37. The molecule has 8 heteroatoms. The molecule has 6 rings (SSSR count). The number of nitrogens with zero attached hydrogens (tertiary/aromatic N) is 5. The molecule has 0 spiro atoms. The third-order valence-corrected chi connectivity index (χ3v) is 7.55. The van der Waals surface area contributed by atoms with E-state index in [1.165, 1.54) is 18.9 Å². The van der Waals surface area contributed by atoms with Crippen LogP contribution in [0.4, 0.5) is 4.39 Å². The number of aryl methyl sites for hydroxylation is 1. The minimum Gasteiger partial charge on any atom is -0.384 e. The standard InChI is InChI=1S/C28H32FN5O2/c1-28(2,36)23-10-9-18-15-22(34(25(18)31-23)16-17-7-8-17)26-30-21-14-19(13-20(29)24(21)32(26)3)27(35)33-11-5-4-6-12-33/h9-10,13-15,17,36H,4-8,11-12,16H2,1-3H3. The van der Waals surface area contributed by atoms with E-state index in [-0.39, 0.29) is 5.91 Å². The molecule has 1 aromatic carbocycles. The number of likely N-dealkylation sites (tertiary alicyclic amines) is 1. The van der Waals surface area contributed by atoms with Crippen molar-refractivity contribution in [2.45, 2.75) is 58.1 Å². The SMILES string of the molecule is Cn1c(-c2cc3ccc(C(C)(C)O)nc3n2CC2CC2)nc2cc(C(=O)N3CCCCC3)cc(F)c21. The van der Waals surface area contributed by atoms with Gasteiger partial charge < -0.3 is 19.1 Å². The highest BCUT2D eigenvalue weighted by atomic mass is 19.1. The number of imidazole rings is 1.